The van der Waals surface area contributed by atoms with Gasteiger partial charge in [-0.1, -0.05) is 0 Å². The summed E-state index contributed by atoms with van der Waals surface area (Å²) in [5, 5.41) is 245. The first-order valence-electron chi connectivity index (χ1n) is 26.4. The SMILES string of the molecule is OC[C@@H]1O[C@@H](O[C@H]2[C@@H](OC[C@H]3O[C@@H](O[C@H]4[C@H](O)[C@@H](O)[C@H](O[C@H]5[C@H](O)[C@@H](O)C(O)O[C@@H]5CO)O[C@@H]4CO)[C@H](O)[C@@H](O)[C@@H]3O[C@@H]3O[C@H](CO[C@H]4OC[C@@H](O)[C@H](O)[C@H]4O[C@@H]4O[C@H](CO)[C@H](O)[C@H](O)[C@H]4O)[C@@H](O)[C@H](O)[C@H]3O)OC[C@@H](O)[C@@H]2O)[C@H](O)[C@H]1O. The van der Waals surface area contributed by atoms with Gasteiger partial charge in [-0.2, -0.15) is 0 Å². The van der Waals surface area contributed by atoms with Crippen molar-refractivity contribution in [3.05, 3.63) is 0 Å². The molecule has 0 aliphatic carbocycles. The van der Waals surface area contributed by atoms with E-state index in [1.54, 1.807) is 0 Å². The molecule has 8 fully saturated rings. The molecule has 8 aliphatic heterocycles. The maximum Gasteiger partial charge on any atom is 0.187 e. The maximum atomic E-state index is 11.9. The summed E-state index contributed by atoms with van der Waals surface area (Å²) in [6.07, 6.45) is -70.9. The van der Waals surface area contributed by atoms with Crippen molar-refractivity contribution in [2.45, 2.75) is 227 Å². The van der Waals surface area contributed by atoms with E-state index in [1.165, 1.54) is 0 Å². The molecule has 38 heteroatoms. The van der Waals surface area contributed by atoms with Crippen molar-refractivity contribution in [2.24, 2.45) is 0 Å². The van der Waals surface area contributed by atoms with Gasteiger partial charge < -0.3 is 189 Å². The molecule has 484 valence electrons. The number of hydrogen-bond acceptors (Lipinski definition) is 38. The lowest BCUT2D eigenvalue weighted by Crippen LogP contribution is -2.67. The fourth-order valence-electron chi connectivity index (χ4n) is 10.5. The van der Waals surface area contributed by atoms with E-state index < -0.39 is 280 Å². The second-order valence-electron chi connectivity index (χ2n) is 21.1. The predicted molar refractivity (Wildman–Crippen MR) is 246 cm³/mol. The van der Waals surface area contributed by atoms with Gasteiger partial charge in [0.25, 0.3) is 0 Å². The first-order valence-corrected chi connectivity index (χ1v) is 26.4. The molecule has 83 heavy (non-hydrogen) atoms. The molecule has 0 bridgehead atoms. The van der Waals surface area contributed by atoms with Gasteiger partial charge in [-0.05, 0) is 0 Å². The monoisotopic (exact) mass is 1220 g/mol. The van der Waals surface area contributed by atoms with E-state index in [0.717, 1.165) is 0 Å². The molecule has 8 heterocycles. The first-order chi connectivity index (χ1) is 39.3. The fourth-order valence-corrected chi connectivity index (χ4v) is 10.5. The van der Waals surface area contributed by atoms with Crippen molar-refractivity contribution in [1.82, 2.24) is 0 Å². The minimum absolute atomic E-state index is 0.617. The molecule has 0 saturated carbocycles. The van der Waals surface area contributed by atoms with Crippen LogP contribution in [0.15, 0.2) is 0 Å². The van der Waals surface area contributed by atoms with Crippen LogP contribution in [0.3, 0.4) is 0 Å². The number of aliphatic hydroxyl groups excluding tert-OH is 23. The molecule has 37 atom stereocenters. The Morgan fingerprint density at radius 1 is 0.253 bits per heavy atom. The van der Waals surface area contributed by atoms with Gasteiger partial charge >= 0.3 is 0 Å². The molecule has 8 aliphatic rings. The van der Waals surface area contributed by atoms with Crippen molar-refractivity contribution in [1.29, 1.82) is 0 Å². The third-order valence-electron chi connectivity index (χ3n) is 15.5. The van der Waals surface area contributed by atoms with Gasteiger partial charge in [-0.25, -0.2) is 0 Å². The Hall–Kier alpha value is -1.52. The van der Waals surface area contributed by atoms with Crippen LogP contribution in [0.5, 0.6) is 0 Å². The van der Waals surface area contributed by atoms with Crippen molar-refractivity contribution in [2.75, 3.05) is 52.9 Å². The molecule has 23 N–H and O–H groups in total. The highest BCUT2D eigenvalue weighted by atomic mass is 16.8. The number of hydrogen-bond donors (Lipinski definition) is 23. The van der Waals surface area contributed by atoms with Gasteiger partial charge in [-0.3, -0.25) is 0 Å². The third-order valence-corrected chi connectivity index (χ3v) is 15.5. The Bertz CT molecular complexity index is 1970. The zero-order valence-corrected chi connectivity index (χ0v) is 43.4. The van der Waals surface area contributed by atoms with E-state index >= 15 is 0 Å². The second-order valence-corrected chi connectivity index (χ2v) is 21.1. The van der Waals surface area contributed by atoms with Gasteiger partial charge in [0.1, 0.15) is 177 Å². The van der Waals surface area contributed by atoms with Crippen LogP contribution in [0.4, 0.5) is 0 Å². The fraction of sp³-hybridized carbons (Fsp3) is 1.00. The van der Waals surface area contributed by atoms with E-state index in [-0.39, 0.29) is 0 Å². The van der Waals surface area contributed by atoms with Crippen LogP contribution in [0, 0.1) is 0 Å². The Morgan fingerprint density at radius 3 is 0.964 bits per heavy atom. The Kier molecular flexibility index (Phi) is 23.5. The van der Waals surface area contributed by atoms with Crippen molar-refractivity contribution in [3.63, 3.8) is 0 Å². The maximum absolute atomic E-state index is 11.9. The zero-order chi connectivity index (χ0) is 60.6. The van der Waals surface area contributed by atoms with Crippen LogP contribution >= 0.6 is 0 Å². The van der Waals surface area contributed by atoms with Crippen LogP contribution < -0.4 is 0 Å². The molecular weight excluding hydrogens is 1150 g/mol. The lowest BCUT2D eigenvalue weighted by atomic mass is 9.95. The summed E-state index contributed by atoms with van der Waals surface area (Å²) < 4.78 is 84.7. The highest BCUT2D eigenvalue weighted by Crippen LogP contribution is 2.37. The molecule has 0 radical (unpaired) electrons. The van der Waals surface area contributed by atoms with Gasteiger partial charge in [0.2, 0.25) is 0 Å². The molecule has 1 unspecified atom stereocenters. The van der Waals surface area contributed by atoms with Crippen molar-refractivity contribution >= 4 is 0 Å². The minimum atomic E-state index is -2.34. The molecule has 0 spiro atoms. The molecule has 8 rings (SSSR count). The number of ether oxygens (including phenoxy) is 15. The van der Waals surface area contributed by atoms with Crippen LogP contribution in [0.1, 0.15) is 0 Å². The van der Waals surface area contributed by atoms with E-state index in [9.17, 15) is 117 Å². The normalized spacial score (nSPS) is 53.7. The number of aliphatic hydroxyl groups is 23. The van der Waals surface area contributed by atoms with Gasteiger partial charge in [-0.15, -0.1) is 0 Å². The minimum Gasteiger partial charge on any atom is -0.394 e. The lowest BCUT2D eigenvalue weighted by Gasteiger charge is -2.49. The molecule has 0 aromatic heterocycles. The van der Waals surface area contributed by atoms with E-state index in [1.807, 2.05) is 0 Å². The predicted octanol–water partition coefficient (Wildman–Crippen LogP) is -16.5. The summed E-state index contributed by atoms with van der Waals surface area (Å²) >= 11 is 0. The smallest absolute Gasteiger partial charge is 0.187 e. The van der Waals surface area contributed by atoms with Crippen LogP contribution in [-0.4, -0.2) is 398 Å². The zero-order valence-electron chi connectivity index (χ0n) is 43.4. The van der Waals surface area contributed by atoms with E-state index in [2.05, 4.69) is 0 Å². The molecule has 0 amide bonds. The summed E-state index contributed by atoms with van der Waals surface area (Å²) in [4.78, 5) is 0. The molecule has 8 saturated heterocycles. The second kappa shape index (κ2) is 29.0. The highest BCUT2D eigenvalue weighted by molar-refractivity contribution is 5.00. The molecule has 0 aromatic carbocycles. The molecular formula is C45H76O38. The Balaban J connectivity index is 1.01. The number of rotatable bonds is 20. The summed E-state index contributed by atoms with van der Waals surface area (Å²) in [6, 6.07) is 0. The van der Waals surface area contributed by atoms with Crippen LogP contribution in [-0.2, 0) is 71.1 Å². The Morgan fingerprint density at radius 2 is 0.542 bits per heavy atom. The lowest BCUT2D eigenvalue weighted by molar-refractivity contribution is -0.392. The van der Waals surface area contributed by atoms with Gasteiger partial charge in [0, 0.05) is 0 Å². The van der Waals surface area contributed by atoms with E-state index in [0.29, 0.717) is 0 Å². The van der Waals surface area contributed by atoms with Gasteiger partial charge in [0.15, 0.2) is 50.3 Å². The molecule has 0 aromatic rings. The summed E-state index contributed by atoms with van der Waals surface area (Å²) in [5.41, 5.74) is 0. The van der Waals surface area contributed by atoms with E-state index in [4.69, 9.17) is 71.1 Å². The summed E-state index contributed by atoms with van der Waals surface area (Å²) in [6.45, 7) is -6.77. The standard InChI is InChI=1S/C45H76O38/c46-1-11-19(54)22(57)29(64)40(74-11)83-36-17(52)9(50)5-69-44(36)71-7-15-21(56)23(58)30(65)41(77-15)81-35-16(8-72-45-37(18(53)10(51)6-70-45)82-39-28(63)20(55)12(2-47)75-39)78-43(32(67)26(35)61)80-34-14(4-49)76-42(31(66)25(34)60)79-33-13(3-48)73-38(68)27(62)24(33)59/h9-68H,1-8H2/t9-,10-,11-,12+,13-,14-,15-,16-,17+,18+,19+,20+,21-,22+,23+,24-,25-,26-,27-,28-,29-,30-,31-,32-,33-,34-,35-,36-,37-,38?,39+,40+,41+,42+,43+,44-,45-/m1/s1. The topological polar surface area (TPSA) is 604 Å². The quantitative estimate of drug-likeness (QED) is 0.0538. The largest absolute Gasteiger partial charge is 0.394 e. The first kappa shape index (κ1) is 67.4. The van der Waals surface area contributed by atoms with Crippen LogP contribution in [0.25, 0.3) is 0 Å². The van der Waals surface area contributed by atoms with Crippen molar-refractivity contribution < 1.29 is 189 Å². The van der Waals surface area contributed by atoms with Crippen molar-refractivity contribution in [3.8, 4) is 0 Å². The van der Waals surface area contributed by atoms with Gasteiger partial charge in [0.05, 0.1) is 52.9 Å². The average Bonchev–Trinajstić information content (AvgIpc) is 3.62. The Labute approximate surface area is 468 Å². The summed E-state index contributed by atoms with van der Waals surface area (Å²) in [7, 11) is 0. The summed E-state index contributed by atoms with van der Waals surface area (Å²) in [5.74, 6) is 0. The van der Waals surface area contributed by atoms with Crippen LogP contribution in [0.2, 0.25) is 0 Å². The molecule has 38 nitrogen and oxygen atoms in total. The highest BCUT2D eigenvalue weighted by Gasteiger charge is 2.57. The average molecular weight is 1230 g/mol. The third kappa shape index (κ3) is 14.3.